The summed E-state index contributed by atoms with van der Waals surface area (Å²) in [6.07, 6.45) is 1.53. The van der Waals surface area contributed by atoms with Crippen molar-refractivity contribution in [2.45, 2.75) is 6.92 Å². The summed E-state index contributed by atoms with van der Waals surface area (Å²) in [4.78, 5) is 10.9. The van der Waals surface area contributed by atoms with Crippen molar-refractivity contribution in [2.75, 3.05) is 7.11 Å². The Kier molecular flexibility index (Phi) is 5.03. The molecule has 6 heteroatoms. The van der Waals surface area contributed by atoms with E-state index < -0.39 is 5.97 Å². The lowest BCUT2D eigenvalue weighted by molar-refractivity contribution is -0.132. The maximum Gasteiger partial charge on any atom is 0.308 e. The third-order valence-corrected chi connectivity index (χ3v) is 2.36. The number of benzene rings is 1. The predicted octanol–water partition coefficient (Wildman–Crippen LogP) is 1.81. The Hall–Kier alpha value is -2.39. The molecule has 0 atom stereocenters. The predicted molar refractivity (Wildman–Crippen MR) is 74.7 cm³/mol. The molecule has 5 nitrogen and oxygen atoms in total. The number of ether oxygens (including phenoxy) is 2. The number of nitrogens with two attached hydrogens (primary N) is 1. The van der Waals surface area contributed by atoms with E-state index in [1.807, 2.05) is 6.07 Å². The summed E-state index contributed by atoms with van der Waals surface area (Å²) in [5.74, 6) is 0.243. The molecule has 0 aliphatic carbocycles. The van der Waals surface area contributed by atoms with Gasteiger partial charge in [0.25, 0.3) is 0 Å². The highest BCUT2D eigenvalue weighted by Crippen LogP contribution is 2.29. The first-order chi connectivity index (χ1) is 8.97. The smallest absolute Gasteiger partial charge is 0.308 e. The van der Waals surface area contributed by atoms with Crippen LogP contribution in [0.1, 0.15) is 12.5 Å². The summed E-state index contributed by atoms with van der Waals surface area (Å²) >= 11 is 4.75. The van der Waals surface area contributed by atoms with E-state index in [9.17, 15) is 4.79 Å². The van der Waals surface area contributed by atoms with Gasteiger partial charge in [-0.3, -0.25) is 4.79 Å². The fourth-order valence-corrected chi connectivity index (χ4v) is 1.44. The van der Waals surface area contributed by atoms with Crippen LogP contribution >= 0.6 is 12.2 Å². The second kappa shape index (κ2) is 6.52. The number of carbonyl (C=O) groups is 1. The number of esters is 1. The summed E-state index contributed by atoms with van der Waals surface area (Å²) in [5, 5.41) is 8.87. The van der Waals surface area contributed by atoms with E-state index in [1.54, 1.807) is 18.2 Å². The van der Waals surface area contributed by atoms with Gasteiger partial charge >= 0.3 is 5.97 Å². The number of hydrogen-bond acceptors (Lipinski definition) is 5. The maximum absolute atomic E-state index is 10.9. The minimum absolute atomic E-state index is 0.0190. The normalized spacial score (nSPS) is 10.5. The first-order valence-corrected chi connectivity index (χ1v) is 5.66. The van der Waals surface area contributed by atoms with E-state index in [0.29, 0.717) is 17.1 Å². The van der Waals surface area contributed by atoms with Crippen LogP contribution in [0.3, 0.4) is 0 Å². The van der Waals surface area contributed by atoms with Gasteiger partial charge in [0.2, 0.25) is 0 Å². The van der Waals surface area contributed by atoms with E-state index in [4.69, 9.17) is 32.7 Å². The van der Waals surface area contributed by atoms with E-state index in [1.165, 1.54) is 20.1 Å². The number of methoxy groups -OCH3 is 1. The number of hydrogen-bond donors (Lipinski definition) is 1. The van der Waals surface area contributed by atoms with Crippen LogP contribution in [-0.4, -0.2) is 18.1 Å². The molecule has 98 valence electrons. The van der Waals surface area contributed by atoms with E-state index in [0.717, 1.165) is 0 Å². The van der Waals surface area contributed by atoms with Crippen molar-refractivity contribution in [3.8, 4) is 17.6 Å². The maximum atomic E-state index is 10.9. The molecule has 1 aromatic rings. The van der Waals surface area contributed by atoms with Crippen molar-refractivity contribution in [3.63, 3.8) is 0 Å². The number of carbonyl (C=O) groups excluding carboxylic acids is 1. The fraction of sp³-hybridized carbons (Fsp3) is 0.154. The topological polar surface area (TPSA) is 85.3 Å². The Morgan fingerprint density at radius 3 is 2.63 bits per heavy atom. The molecule has 0 aliphatic rings. The number of rotatable bonds is 4. The zero-order valence-corrected chi connectivity index (χ0v) is 11.3. The van der Waals surface area contributed by atoms with Crippen molar-refractivity contribution in [1.82, 2.24) is 0 Å². The number of nitriles is 1. The lowest BCUT2D eigenvalue weighted by Gasteiger charge is -2.08. The van der Waals surface area contributed by atoms with Gasteiger partial charge in [0.15, 0.2) is 11.5 Å². The van der Waals surface area contributed by atoms with Crippen molar-refractivity contribution < 1.29 is 14.3 Å². The molecule has 0 aliphatic heterocycles. The molecule has 0 saturated carbocycles. The Morgan fingerprint density at radius 2 is 2.16 bits per heavy atom. The highest BCUT2D eigenvalue weighted by molar-refractivity contribution is 7.80. The average molecular weight is 276 g/mol. The van der Waals surface area contributed by atoms with Crippen LogP contribution < -0.4 is 15.2 Å². The second-order valence-corrected chi connectivity index (χ2v) is 3.98. The molecule has 0 bridgehead atoms. The highest BCUT2D eigenvalue weighted by Gasteiger charge is 2.08. The first kappa shape index (κ1) is 14.7. The average Bonchev–Trinajstić information content (AvgIpc) is 2.36. The van der Waals surface area contributed by atoms with Crippen LogP contribution in [-0.2, 0) is 4.79 Å². The van der Waals surface area contributed by atoms with Crippen LogP contribution in [0.25, 0.3) is 6.08 Å². The summed E-state index contributed by atoms with van der Waals surface area (Å²) in [6.45, 7) is 1.30. The van der Waals surface area contributed by atoms with Gasteiger partial charge < -0.3 is 15.2 Å². The highest BCUT2D eigenvalue weighted by atomic mass is 32.1. The monoisotopic (exact) mass is 276 g/mol. The first-order valence-electron chi connectivity index (χ1n) is 5.26. The molecule has 0 unspecified atom stereocenters. The van der Waals surface area contributed by atoms with Crippen LogP contribution in [0, 0.1) is 11.3 Å². The van der Waals surface area contributed by atoms with Gasteiger partial charge in [-0.25, -0.2) is 0 Å². The van der Waals surface area contributed by atoms with Crippen LogP contribution in [0.2, 0.25) is 0 Å². The largest absolute Gasteiger partial charge is 0.493 e. The third-order valence-electron chi connectivity index (χ3n) is 2.14. The summed E-state index contributed by atoms with van der Waals surface area (Å²) in [5.41, 5.74) is 6.26. The van der Waals surface area contributed by atoms with Crippen LogP contribution in [0.15, 0.2) is 23.8 Å². The number of thiocarbonyl (C=S) groups is 1. The quantitative estimate of drug-likeness (QED) is 0.297. The van der Waals surface area contributed by atoms with Gasteiger partial charge in [-0.05, 0) is 23.8 Å². The van der Waals surface area contributed by atoms with Crippen molar-refractivity contribution >= 4 is 29.3 Å². The third kappa shape index (κ3) is 4.08. The van der Waals surface area contributed by atoms with Gasteiger partial charge in [-0.15, -0.1) is 0 Å². The Morgan fingerprint density at radius 1 is 1.47 bits per heavy atom. The van der Waals surface area contributed by atoms with Crippen molar-refractivity contribution in [2.24, 2.45) is 5.73 Å². The minimum atomic E-state index is -0.442. The molecule has 0 spiro atoms. The lowest BCUT2D eigenvalue weighted by Crippen LogP contribution is -2.09. The van der Waals surface area contributed by atoms with Gasteiger partial charge in [-0.2, -0.15) is 5.26 Å². The Bertz CT molecular complexity index is 588. The molecule has 0 radical (unpaired) electrons. The summed E-state index contributed by atoms with van der Waals surface area (Å²) in [6, 6.07) is 6.76. The molecule has 19 heavy (non-hydrogen) atoms. The van der Waals surface area contributed by atoms with Gasteiger partial charge in [0.1, 0.15) is 11.1 Å². The van der Waals surface area contributed by atoms with Crippen LogP contribution in [0.5, 0.6) is 11.5 Å². The molecular formula is C13H12N2O3S. The van der Waals surface area contributed by atoms with Crippen LogP contribution in [0.4, 0.5) is 0 Å². The second-order valence-electron chi connectivity index (χ2n) is 3.54. The Balaban J connectivity index is 3.17. The molecule has 0 heterocycles. The summed E-state index contributed by atoms with van der Waals surface area (Å²) < 4.78 is 10.1. The van der Waals surface area contributed by atoms with Gasteiger partial charge in [0, 0.05) is 6.92 Å². The zero-order chi connectivity index (χ0) is 14.4. The van der Waals surface area contributed by atoms with Crippen molar-refractivity contribution in [1.29, 1.82) is 5.26 Å². The minimum Gasteiger partial charge on any atom is -0.493 e. The molecular weight excluding hydrogens is 264 g/mol. The Labute approximate surface area is 116 Å². The molecule has 0 amide bonds. The van der Waals surface area contributed by atoms with Gasteiger partial charge in [0.05, 0.1) is 12.7 Å². The molecule has 0 saturated heterocycles. The van der Waals surface area contributed by atoms with E-state index >= 15 is 0 Å². The lowest BCUT2D eigenvalue weighted by atomic mass is 10.1. The molecule has 0 fully saturated rings. The van der Waals surface area contributed by atoms with E-state index in [2.05, 4.69) is 0 Å². The molecule has 2 N–H and O–H groups in total. The zero-order valence-electron chi connectivity index (χ0n) is 10.5. The molecule has 1 aromatic carbocycles. The standard InChI is InChI=1S/C13H12N2O3S/c1-8(16)18-11-4-3-9(6-12(11)17-2)5-10(7-14)13(15)19/h3-6H,1-2H3,(H2,15,19). The SMILES string of the molecule is COc1cc(C=C(C#N)C(N)=S)ccc1OC(C)=O. The molecule has 1 rings (SSSR count). The van der Waals surface area contributed by atoms with E-state index in [-0.39, 0.29) is 10.6 Å². The van der Waals surface area contributed by atoms with Crippen molar-refractivity contribution in [3.05, 3.63) is 29.3 Å². The van der Waals surface area contributed by atoms with Gasteiger partial charge in [-0.1, -0.05) is 18.3 Å². The molecule has 0 aromatic heterocycles. The summed E-state index contributed by atoms with van der Waals surface area (Å²) in [7, 11) is 1.45. The number of nitrogens with zero attached hydrogens (tertiary/aromatic N) is 1. The fourth-order valence-electron chi connectivity index (χ4n) is 1.34.